The van der Waals surface area contributed by atoms with Crippen molar-refractivity contribution >= 4 is 17.6 Å². The van der Waals surface area contributed by atoms with Crippen molar-refractivity contribution in [2.45, 2.75) is 19.8 Å². The number of amides is 1. The molecule has 0 radical (unpaired) electrons. The molecule has 35 heavy (non-hydrogen) atoms. The second kappa shape index (κ2) is 10.4. The second-order valence-corrected chi connectivity index (χ2v) is 8.17. The number of esters is 1. The van der Waals surface area contributed by atoms with Crippen LogP contribution in [0.25, 0.3) is 16.9 Å². The highest BCUT2D eigenvalue weighted by Gasteiger charge is 2.31. The van der Waals surface area contributed by atoms with Crippen LogP contribution in [0, 0.1) is 16.0 Å². The molecule has 0 N–H and O–H groups in total. The number of hydrogen-bond acceptors (Lipinski definition) is 7. The van der Waals surface area contributed by atoms with Crippen molar-refractivity contribution in [1.29, 1.82) is 0 Å². The Kier molecular flexibility index (Phi) is 7.09. The number of methoxy groups -OCH3 is 1. The molecular weight excluding hydrogens is 452 g/mol. The summed E-state index contributed by atoms with van der Waals surface area (Å²) in [5.74, 6) is -0.250. The number of aromatic nitrogens is 2. The monoisotopic (exact) mass is 478 g/mol. The second-order valence-electron chi connectivity index (χ2n) is 8.17. The van der Waals surface area contributed by atoms with E-state index in [9.17, 15) is 19.7 Å². The average molecular weight is 479 g/mol. The Bertz CT molecular complexity index is 1220. The van der Waals surface area contributed by atoms with Crippen LogP contribution in [0.3, 0.4) is 0 Å². The van der Waals surface area contributed by atoms with Gasteiger partial charge < -0.3 is 14.4 Å². The Hall–Kier alpha value is -4.21. The van der Waals surface area contributed by atoms with Gasteiger partial charge >= 0.3 is 5.97 Å². The largest absolute Gasteiger partial charge is 0.497 e. The van der Waals surface area contributed by atoms with Crippen LogP contribution in [-0.2, 0) is 9.53 Å². The van der Waals surface area contributed by atoms with Crippen molar-refractivity contribution in [3.05, 3.63) is 70.4 Å². The fraction of sp³-hybridized carbons (Fsp3) is 0.320. The van der Waals surface area contributed by atoms with Crippen LogP contribution in [0.5, 0.6) is 5.75 Å². The van der Waals surface area contributed by atoms with Crippen LogP contribution >= 0.6 is 0 Å². The molecule has 182 valence electrons. The molecule has 4 rings (SSSR count). The number of ether oxygens (including phenoxy) is 2. The minimum atomic E-state index is -0.481. The molecule has 1 saturated heterocycles. The van der Waals surface area contributed by atoms with E-state index >= 15 is 0 Å². The van der Waals surface area contributed by atoms with Gasteiger partial charge in [0.2, 0.25) is 0 Å². The van der Waals surface area contributed by atoms with E-state index in [-0.39, 0.29) is 30.0 Å². The number of nitro groups is 1. The molecule has 0 aliphatic carbocycles. The quantitative estimate of drug-likeness (QED) is 0.287. The van der Waals surface area contributed by atoms with Crippen molar-refractivity contribution in [2.24, 2.45) is 5.92 Å². The van der Waals surface area contributed by atoms with Gasteiger partial charge in [-0.15, -0.1) is 0 Å². The molecule has 3 aromatic rings. The van der Waals surface area contributed by atoms with Gasteiger partial charge in [-0.2, -0.15) is 5.10 Å². The van der Waals surface area contributed by atoms with Crippen LogP contribution in [0.1, 0.15) is 30.3 Å². The molecule has 0 spiro atoms. The van der Waals surface area contributed by atoms with Crippen molar-refractivity contribution in [2.75, 3.05) is 26.8 Å². The topological polar surface area (TPSA) is 117 Å². The first-order valence-corrected chi connectivity index (χ1v) is 11.4. The van der Waals surface area contributed by atoms with Crippen LogP contribution in [-0.4, -0.2) is 58.3 Å². The Morgan fingerprint density at radius 2 is 1.86 bits per heavy atom. The predicted molar refractivity (Wildman–Crippen MR) is 127 cm³/mol. The van der Waals surface area contributed by atoms with Gasteiger partial charge in [0.25, 0.3) is 11.6 Å². The summed E-state index contributed by atoms with van der Waals surface area (Å²) >= 11 is 0. The Labute approximate surface area is 202 Å². The lowest BCUT2D eigenvalue weighted by atomic mass is 9.98. The molecular formula is C25H26N4O6. The van der Waals surface area contributed by atoms with Gasteiger partial charge in [-0.3, -0.25) is 19.7 Å². The fourth-order valence-corrected chi connectivity index (χ4v) is 4.12. The molecule has 1 fully saturated rings. The summed E-state index contributed by atoms with van der Waals surface area (Å²) in [6.07, 6.45) is 1.35. The van der Waals surface area contributed by atoms with E-state index in [1.165, 1.54) is 16.8 Å². The van der Waals surface area contributed by atoms with Gasteiger partial charge in [0, 0.05) is 30.8 Å². The number of nitro benzene ring substituents is 1. The first-order chi connectivity index (χ1) is 16.9. The molecule has 1 aliphatic rings. The maximum atomic E-state index is 13.6. The van der Waals surface area contributed by atoms with Crippen LogP contribution in [0.15, 0.2) is 54.6 Å². The minimum absolute atomic E-state index is 0.0579. The van der Waals surface area contributed by atoms with Crippen molar-refractivity contribution in [1.82, 2.24) is 14.7 Å². The Morgan fingerprint density at radius 3 is 2.49 bits per heavy atom. The predicted octanol–water partition coefficient (Wildman–Crippen LogP) is 3.87. The van der Waals surface area contributed by atoms with Crippen molar-refractivity contribution in [3.63, 3.8) is 0 Å². The number of nitrogens with zero attached hydrogens (tertiary/aromatic N) is 4. The summed E-state index contributed by atoms with van der Waals surface area (Å²) in [6.45, 7) is 2.83. The molecule has 2 aromatic carbocycles. The summed E-state index contributed by atoms with van der Waals surface area (Å²) in [5, 5.41) is 15.7. The number of non-ortho nitro benzene ring substituents is 1. The summed E-state index contributed by atoms with van der Waals surface area (Å²) in [5.41, 5.74) is 2.10. The zero-order valence-electron chi connectivity index (χ0n) is 19.5. The summed E-state index contributed by atoms with van der Waals surface area (Å²) in [6, 6.07) is 14.8. The SMILES string of the molecule is CCOC(=O)C1CCCN(C(=O)c2cc(-c3ccc(OC)cc3)nn2-c2ccc([N+](=O)[O-])cc2)C1. The highest BCUT2D eigenvalue weighted by molar-refractivity contribution is 5.95. The number of carbonyl (C=O) groups is 2. The van der Waals surface area contributed by atoms with Crippen molar-refractivity contribution < 1.29 is 24.0 Å². The molecule has 1 amide bonds. The van der Waals surface area contributed by atoms with E-state index in [0.29, 0.717) is 48.8 Å². The van der Waals surface area contributed by atoms with Crippen LogP contribution in [0.2, 0.25) is 0 Å². The van der Waals surface area contributed by atoms with E-state index in [0.717, 1.165) is 5.56 Å². The number of carbonyl (C=O) groups excluding carboxylic acids is 2. The zero-order chi connectivity index (χ0) is 24.9. The minimum Gasteiger partial charge on any atom is -0.497 e. The molecule has 1 aromatic heterocycles. The molecule has 2 heterocycles. The lowest BCUT2D eigenvalue weighted by Gasteiger charge is -2.31. The van der Waals surface area contributed by atoms with E-state index in [1.54, 1.807) is 49.3 Å². The molecule has 10 nitrogen and oxygen atoms in total. The van der Waals surface area contributed by atoms with E-state index < -0.39 is 4.92 Å². The van der Waals surface area contributed by atoms with Gasteiger partial charge in [-0.05, 0) is 62.2 Å². The van der Waals surface area contributed by atoms with Crippen molar-refractivity contribution in [3.8, 4) is 22.7 Å². The lowest BCUT2D eigenvalue weighted by molar-refractivity contribution is -0.384. The summed E-state index contributed by atoms with van der Waals surface area (Å²) < 4.78 is 11.9. The standard InChI is InChI=1S/C25H26N4O6/c1-3-35-25(31)18-5-4-14-27(16-18)24(30)23-15-22(17-6-12-21(34-2)13-7-17)26-28(23)19-8-10-20(11-9-19)29(32)33/h6-13,15,18H,3-5,14,16H2,1-2H3. The Balaban J connectivity index is 1.70. The highest BCUT2D eigenvalue weighted by Crippen LogP contribution is 2.27. The number of piperidine rings is 1. The number of benzene rings is 2. The lowest BCUT2D eigenvalue weighted by Crippen LogP contribution is -2.43. The maximum absolute atomic E-state index is 13.6. The molecule has 1 aliphatic heterocycles. The molecule has 1 atom stereocenters. The summed E-state index contributed by atoms with van der Waals surface area (Å²) in [7, 11) is 1.58. The summed E-state index contributed by atoms with van der Waals surface area (Å²) in [4.78, 5) is 38.1. The van der Waals surface area contributed by atoms with E-state index in [4.69, 9.17) is 9.47 Å². The number of likely N-dealkylation sites (tertiary alicyclic amines) is 1. The van der Waals surface area contributed by atoms with E-state index in [1.807, 2.05) is 12.1 Å². The molecule has 1 unspecified atom stereocenters. The third-order valence-electron chi connectivity index (χ3n) is 5.95. The third kappa shape index (κ3) is 5.16. The molecule has 0 saturated carbocycles. The van der Waals surface area contributed by atoms with E-state index in [2.05, 4.69) is 5.10 Å². The number of rotatable bonds is 7. The number of hydrogen-bond donors (Lipinski definition) is 0. The molecule has 0 bridgehead atoms. The smallest absolute Gasteiger partial charge is 0.310 e. The van der Waals surface area contributed by atoms with Crippen LogP contribution < -0.4 is 4.74 Å². The Morgan fingerprint density at radius 1 is 1.14 bits per heavy atom. The maximum Gasteiger partial charge on any atom is 0.310 e. The zero-order valence-corrected chi connectivity index (χ0v) is 19.5. The normalized spacial score (nSPS) is 15.5. The third-order valence-corrected chi connectivity index (χ3v) is 5.95. The first-order valence-electron chi connectivity index (χ1n) is 11.4. The van der Waals surface area contributed by atoms with Gasteiger partial charge in [0.1, 0.15) is 11.4 Å². The van der Waals surface area contributed by atoms with Gasteiger partial charge in [-0.25, -0.2) is 4.68 Å². The fourth-order valence-electron chi connectivity index (χ4n) is 4.12. The molecule has 10 heteroatoms. The van der Waals surface area contributed by atoms with Gasteiger partial charge in [-0.1, -0.05) is 0 Å². The average Bonchev–Trinajstić information content (AvgIpc) is 3.34. The highest BCUT2D eigenvalue weighted by atomic mass is 16.6. The van der Waals surface area contributed by atoms with Gasteiger partial charge in [0.05, 0.1) is 35.9 Å². The van der Waals surface area contributed by atoms with Gasteiger partial charge in [0.15, 0.2) is 0 Å². The van der Waals surface area contributed by atoms with Crippen LogP contribution in [0.4, 0.5) is 5.69 Å². The first kappa shape index (κ1) is 23.9.